The van der Waals surface area contributed by atoms with Crippen molar-refractivity contribution in [1.82, 2.24) is 15.1 Å². The Morgan fingerprint density at radius 1 is 1.14 bits per heavy atom. The Labute approximate surface area is 166 Å². The van der Waals surface area contributed by atoms with Crippen LogP contribution in [0.25, 0.3) is 0 Å². The molecule has 1 aliphatic carbocycles. The van der Waals surface area contributed by atoms with Crippen LogP contribution in [-0.2, 0) is 9.59 Å². The molecule has 1 N–H and O–H groups in total. The predicted molar refractivity (Wildman–Crippen MR) is 105 cm³/mol. The summed E-state index contributed by atoms with van der Waals surface area (Å²) in [6.07, 6.45) is 5.45. The van der Waals surface area contributed by atoms with Gasteiger partial charge in [-0.05, 0) is 44.1 Å². The van der Waals surface area contributed by atoms with Gasteiger partial charge in [0.05, 0.1) is 6.04 Å². The van der Waals surface area contributed by atoms with E-state index in [2.05, 4.69) is 29.6 Å². The first-order valence-electron chi connectivity index (χ1n) is 10.4. The monoisotopic (exact) mass is 383 g/mol. The number of nitrogens with zero attached hydrogens (tertiary/aromatic N) is 2. The van der Waals surface area contributed by atoms with Crippen molar-refractivity contribution in [2.45, 2.75) is 64.0 Å². The second-order valence-corrected chi connectivity index (χ2v) is 8.60. The number of rotatable bonds is 3. The molecule has 0 aromatic heterocycles. The van der Waals surface area contributed by atoms with Crippen molar-refractivity contribution in [2.24, 2.45) is 5.92 Å². The molecular formula is C22H29N3O3. The van der Waals surface area contributed by atoms with Crippen LogP contribution in [0.5, 0.6) is 0 Å². The second kappa shape index (κ2) is 7.22. The van der Waals surface area contributed by atoms with Crippen LogP contribution >= 0.6 is 0 Å². The lowest BCUT2D eigenvalue weighted by Crippen LogP contribution is -2.54. The molecule has 1 aromatic rings. The van der Waals surface area contributed by atoms with Gasteiger partial charge in [-0.15, -0.1) is 0 Å². The van der Waals surface area contributed by atoms with E-state index in [1.54, 1.807) is 0 Å². The summed E-state index contributed by atoms with van der Waals surface area (Å²) in [4.78, 5) is 41.7. The third-order valence-corrected chi connectivity index (χ3v) is 6.83. The van der Waals surface area contributed by atoms with Gasteiger partial charge in [0.15, 0.2) is 0 Å². The molecule has 1 saturated carbocycles. The minimum Gasteiger partial charge on any atom is -0.334 e. The third kappa shape index (κ3) is 3.09. The molecule has 3 fully saturated rings. The lowest BCUT2D eigenvalue weighted by Gasteiger charge is -2.36. The van der Waals surface area contributed by atoms with Gasteiger partial charge in [0, 0.05) is 6.54 Å². The highest BCUT2D eigenvalue weighted by molar-refractivity contribution is 6.09. The first-order valence-corrected chi connectivity index (χ1v) is 10.4. The SMILES string of the molecule is Cc1ccc(C2CCCN2C(=O)CN2C(=O)NC3(CCCCC3C)C2=O)cc1. The van der Waals surface area contributed by atoms with Crippen LogP contribution in [0.4, 0.5) is 4.79 Å². The van der Waals surface area contributed by atoms with Crippen LogP contribution in [0.3, 0.4) is 0 Å². The summed E-state index contributed by atoms with van der Waals surface area (Å²) in [5.41, 5.74) is 1.49. The first-order chi connectivity index (χ1) is 13.4. The van der Waals surface area contributed by atoms with Crippen LogP contribution in [-0.4, -0.2) is 46.3 Å². The summed E-state index contributed by atoms with van der Waals surface area (Å²) in [5, 5.41) is 2.93. The zero-order valence-electron chi connectivity index (χ0n) is 16.7. The van der Waals surface area contributed by atoms with Gasteiger partial charge >= 0.3 is 6.03 Å². The number of carbonyl (C=O) groups excluding carboxylic acids is 3. The number of urea groups is 1. The van der Waals surface area contributed by atoms with E-state index in [9.17, 15) is 14.4 Å². The van der Waals surface area contributed by atoms with Crippen LogP contribution < -0.4 is 5.32 Å². The summed E-state index contributed by atoms with van der Waals surface area (Å²) in [5.74, 6) is -0.263. The lowest BCUT2D eigenvalue weighted by atomic mass is 9.73. The second-order valence-electron chi connectivity index (χ2n) is 8.60. The zero-order chi connectivity index (χ0) is 19.9. The molecule has 2 heterocycles. The van der Waals surface area contributed by atoms with E-state index < -0.39 is 11.6 Å². The number of imide groups is 1. The van der Waals surface area contributed by atoms with E-state index in [1.807, 2.05) is 18.7 Å². The summed E-state index contributed by atoms with van der Waals surface area (Å²) < 4.78 is 0. The lowest BCUT2D eigenvalue weighted by molar-refractivity contribution is -0.141. The fraction of sp³-hybridized carbons (Fsp3) is 0.591. The molecule has 3 atom stereocenters. The molecule has 3 aliphatic rings. The smallest absolute Gasteiger partial charge is 0.325 e. The standard InChI is InChI=1S/C22H29N3O3/c1-15-8-10-17(11-9-15)18-7-5-13-24(18)19(26)14-25-20(27)22(23-21(25)28)12-4-3-6-16(22)2/h8-11,16,18H,3-7,12-14H2,1-2H3,(H,23,28). The zero-order valence-corrected chi connectivity index (χ0v) is 16.7. The minimum atomic E-state index is -0.809. The largest absolute Gasteiger partial charge is 0.334 e. The van der Waals surface area contributed by atoms with E-state index in [4.69, 9.17) is 0 Å². The van der Waals surface area contributed by atoms with Gasteiger partial charge in [-0.3, -0.25) is 14.5 Å². The number of benzene rings is 1. The number of hydrogen-bond acceptors (Lipinski definition) is 3. The maximum Gasteiger partial charge on any atom is 0.325 e. The summed E-state index contributed by atoms with van der Waals surface area (Å²) >= 11 is 0. The Bertz CT molecular complexity index is 791. The normalized spacial score (nSPS) is 30.2. The number of carbonyl (C=O) groups is 3. The highest BCUT2D eigenvalue weighted by atomic mass is 16.2. The van der Waals surface area contributed by atoms with Crippen molar-refractivity contribution in [3.05, 3.63) is 35.4 Å². The van der Waals surface area contributed by atoms with Crippen molar-refractivity contribution in [3.8, 4) is 0 Å². The molecule has 1 spiro atoms. The van der Waals surface area contributed by atoms with Crippen molar-refractivity contribution in [1.29, 1.82) is 0 Å². The fourth-order valence-electron chi connectivity index (χ4n) is 5.07. The van der Waals surface area contributed by atoms with Gasteiger partial charge < -0.3 is 10.2 Å². The van der Waals surface area contributed by atoms with Crippen LogP contribution in [0, 0.1) is 12.8 Å². The molecule has 150 valence electrons. The number of nitrogens with one attached hydrogen (secondary N) is 1. The molecule has 1 aromatic carbocycles. The highest BCUT2D eigenvalue weighted by Gasteiger charge is 2.55. The van der Waals surface area contributed by atoms with Crippen molar-refractivity contribution < 1.29 is 14.4 Å². The van der Waals surface area contributed by atoms with E-state index in [-0.39, 0.29) is 30.3 Å². The quantitative estimate of drug-likeness (QED) is 0.815. The average molecular weight is 383 g/mol. The van der Waals surface area contributed by atoms with Crippen molar-refractivity contribution >= 4 is 17.8 Å². The number of aryl methyl sites for hydroxylation is 1. The average Bonchev–Trinajstić information content (AvgIpc) is 3.25. The van der Waals surface area contributed by atoms with Gasteiger partial charge in [-0.2, -0.15) is 0 Å². The number of amides is 4. The molecule has 2 aliphatic heterocycles. The summed E-state index contributed by atoms with van der Waals surface area (Å²) in [6, 6.07) is 7.86. The van der Waals surface area contributed by atoms with E-state index >= 15 is 0 Å². The predicted octanol–water partition coefficient (Wildman–Crippen LogP) is 3.16. The van der Waals surface area contributed by atoms with Gasteiger partial charge in [0.25, 0.3) is 5.91 Å². The molecule has 6 heteroatoms. The number of hydrogen-bond donors (Lipinski definition) is 1. The molecule has 4 amide bonds. The molecule has 28 heavy (non-hydrogen) atoms. The van der Waals surface area contributed by atoms with E-state index in [1.165, 1.54) is 5.56 Å². The van der Waals surface area contributed by atoms with Crippen LogP contribution in [0.2, 0.25) is 0 Å². The third-order valence-electron chi connectivity index (χ3n) is 6.83. The summed E-state index contributed by atoms with van der Waals surface area (Å²) in [7, 11) is 0. The van der Waals surface area contributed by atoms with Crippen LogP contribution in [0.15, 0.2) is 24.3 Å². The Kier molecular flexibility index (Phi) is 4.89. The Hall–Kier alpha value is -2.37. The van der Waals surface area contributed by atoms with Crippen molar-refractivity contribution in [2.75, 3.05) is 13.1 Å². The maximum absolute atomic E-state index is 13.1. The van der Waals surface area contributed by atoms with Gasteiger partial charge in [-0.1, -0.05) is 49.6 Å². The Morgan fingerprint density at radius 3 is 2.61 bits per heavy atom. The van der Waals surface area contributed by atoms with E-state index in [0.29, 0.717) is 13.0 Å². The Morgan fingerprint density at radius 2 is 1.89 bits per heavy atom. The molecule has 0 radical (unpaired) electrons. The van der Waals surface area contributed by atoms with Gasteiger partial charge in [0.2, 0.25) is 5.91 Å². The molecule has 0 bridgehead atoms. The van der Waals surface area contributed by atoms with Crippen LogP contribution in [0.1, 0.15) is 62.6 Å². The summed E-state index contributed by atoms with van der Waals surface area (Å²) in [6.45, 7) is 4.57. The van der Waals surface area contributed by atoms with Gasteiger partial charge in [-0.25, -0.2) is 4.79 Å². The topological polar surface area (TPSA) is 69.7 Å². The Balaban J connectivity index is 1.49. The molecule has 2 saturated heterocycles. The van der Waals surface area contributed by atoms with Crippen molar-refractivity contribution in [3.63, 3.8) is 0 Å². The fourth-order valence-corrected chi connectivity index (χ4v) is 5.07. The molecular weight excluding hydrogens is 354 g/mol. The molecule has 4 rings (SSSR count). The molecule has 6 nitrogen and oxygen atoms in total. The van der Waals surface area contributed by atoms with E-state index in [0.717, 1.165) is 42.6 Å². The molecule has 3 unspecified atom stereocenters. The number of likely N-dealkylation sites (tertiary alicyclic amines) is 1. The first kappa shape index (κ1) is 19.0. The van der Waals surface area contributed by atoms with Gasteiger partial charge in [0.1, 0.15) is 12.1 Å². The minimum absolute atomic E-state index is 0.0245. The highest BCUT2D eigenvalue weighted by Crippen LogP contribution is 2.38. The maximum atomic E-state index is 13.1.